The standard InChI is InChI=1S/C39H40N2/c1-28-23-24-29(2)35(27-28)30(13-11-25-40-36-19-7-3-15-31(36)32-16-4-8-20-37(32)40)14-12-26-41-38-21-9-5-17-33(38)34-18-6-10-22-39(34)41/h3-5,7-10,15-17,19-24,27,30H,6,11-14,18,25-26H2,1-2H3. The Morgan fingerprint density at radius 1 is 0.659 bits per heavy atom. The monoisotopic (exact) mass is 536 g/mol. The Balaban J connectivity index is 1.13. The molecule has 2 heterocycles. The molecule has 2 nitrogen and oxygen atoms in total. The molecule has 6 aromatic rings. The first-order valence-electron chi connectivity index (χ1n) is 15.5. The smallest absolute Gasteiger partial charge is 0.0491 e. The van der Waals surface area contributed by atoms with Crippen LogP contribution in [-0.2, 0) is 19.5 Å². The summed E-state index contributed by atoms with van der Waals surface area (Å²) in [5.41, 5.74) is 11.4. The highest BCUT2D eigenvalue weighted by Gasteiger charge is 2.19. The van der Waals surface area contributed by atoms with Crippen LogP contribution in [-0.4, -0.2) is 9.13 Å². The van der Waals surface area contributed by atoms with Crippen molar-refractivity contribution in [3.63, 3.8) is 0 Å². The minimum atomic E-state index is 0.566. The summed E-state index contributed by atoms with van der Waals surface area (Å²) in [6.45, 7) is 6.67. The van der Waals surface area contributed by atoms with Crippen LogP contribution in [0.5, 0.6) is 0 Å². The first kappa shape index (κ1) is 25.9. The van der Waals surface area contributed by atoms with Crippen LogP contribution in [0.25, 0.3) is 38.8 Å². The van der Waals surface area contributed by atoms with E-state index in [1.807, 2.05) is 0 Å². The predicted molar refractivity (Wildman–Crippen MR) is 176 cm³/mol. The lowest BCUT2D eigenvalue weighted by Crippen LogP contribution is -2.08. The second kappa shape index (κ2) is 11.1. The molecule has 0 saturated carbocycles. The van der Waals surface area contributed by atoms with E-state index in [9.17, 15) is 0 Å². The zero-order chi connectivity index (χ0) is 27.8. The molecule has 1 aliphatic carbocycles. The van der Waals surface area contributed by atoms with Gasteiger partial charge in [0.15, 0.2) is 0 Å². The molecular formula is C39H40N2. The fraction of sp³-hybridized carbons (Fsp3) is 0.282. The SMILES string of the molecule is Cc1ccc(C)c(C(CCCn2c3c(c4ccccc42)CCC=C3)CCCn2c3ccccc3c3ccccc32)c1. The Bertz CT molecular complexity index is 1830. The summed E-state index contributed by atoms with van der Waals surface area (Å²) in [5, 5.41) is 4.18. The minimum absolute atomic E-state index is 0.566. The van der Waals surface area contributed by atoms with E-state index in [4.69, 9.17) is 0 Å². The van der Waals surface area contributed by atoms with Crippen LogP contribution >= 0.6 is 0 Å². The largest absolute Gasteiger partial charge is 0.341 e. The molecule has 1 unspecified atom stereocenters. The molecule has 1 atom stereocenters. The topological polar surface area (TPSA) is 9.86 Å². The van der Waals surface area contributed by atoms with Gasteiger partial charge in [0.1, 0.15) is 0 Å². The maximum atomic E-state index is 2.60. The maximum Gasteiger partial charge on any atom is 0.0491 e. The van der Waals surface area contributed by atoms with Gasteiger partial charge in [-0.1, -0.05) is 84.4 Å². The maximum absolute atomic E-state index is 2.60. The highest BCUT2D eigenvalue weighted by molar-refractivity contribution is 6.07. The third kappa shape index (κ3) is 4.80. The second-order valence-electron chi connectivity index (χ2n) is 12.0. The molecular weight excluding hydrogens is 496 g/mol. The van der Waals surface area contributed by atoms with Crippen molar-refractivity contribution >= 4 is 38.8 Å². The quantitative estimate of drug-likeness (QED) is 0.174. The summed E-state index contributed by atoms with van der Waals surface area (Å²) in [6, 6.07) is 33.9. The molecule has 7 rings (SSSR count). The van der Waals surface area contributed by atoms with Crippen LogP contribution in [0.1, 0.15) is 66.0 Å². The summed E-state index contributed by atoms with van der Waals surface area (Å²) in [6.07, 6.45) is 11.8. The van der Waals surface area contributed by atoms with E-state index in [1.54, 1.807) is 11.1 Å². The van der Waals surface area contributed by atoms with Gasteiger partial charge < -0.3 is 9.13 Å². The third-order valence-electron chi connectivity index (χ3n) is 9.38. The summed E-state index contributed by atoms with van der Waals surface area (Å²) in [4.78, 5) is 0. The lowest BCUT2D eigenvalue weighted by Gasteiger charge is -2.21. The predicted octanol–water partition coefficient (Wildman–Crippen LogP) is 10.4. The Kier molecular flexibility index (Phi) is 7.00. The molecule has 0 aliphatic heterocycles. The number of hydrogen-bond donors (Lipinski definition) is 0. The molecule has 2 heteroatoms. The van der Waals surface area contributed by atoms with Gasteiger partial charge in [-0.2, -0.15) is 0 Å². The molecule has 206 valence electrons. The van der Waals surface area contributed by atoms with E-state index in [-0.39, 0.29) is 0 Å². The van der Waals surface area contributed by atoms with Gasteiger partial charge in [-0.25, -0.2) is 0 Å². The zero-order valence-corrected chi connectivity index (χ0v) is 24.4. The molecule has 0 spiro atoms. The van der Waals surface area contributed by atoms with Gasteiger partial charge in [0.25, 0.3) is 0 Å². The summed E-state index contributed by atoms with van der Waals surface area (Å²) >= 11 is 0. The van der Waals surface area contributed by atoms with Gasteiger partial charge in [-0.15, -0.1) is 0 Å². The number of para-hydroxylation sites is 3. The molecule has 41 heavy (non-hydrogen) atoms. The van der Waals surface area contributed by atoms with Crippen molar-refractivity contribution in [1.82, 2.24) is 9.13 Å². The first-order chi connectivity index (χ1) is 20.2. The molecule has 1 aliphatic rings. The van der Waals surface area contributed by atoms with Crippen molar-refractivity contribution in [1.29, 1.82) is 0 Å². The number of hydrogen-bond acceptors (Lipinski definition) is 0. The van der Waals surface area contributed by atoms with Crippen molar-refractivity contribution in [3.8, 4) is 0 Å². The van der Waals surface area contributed by atoms with E-state index >= 15 is 0 Å². The van der Waals surface area contributed by atoms with Crippen molar-refractivity contribution < 1.29 is 0 Å². The fourth-order valence-corrected chi connectivity index (χ4v) is 7.40. The van der Waals surface area contributed by atoms with Gasteiger partial charge in [0.2, 0.25) is 0 Å². The summed E-state index contributed by atoms with van der Waals surface area (Å²) in [7, 11) is 0. The lowest BCUT2D eigenvalue weighted by atomic mass is 9.86. The molecule has 2 aromatic heterocycles. The van der Waals surface area contributed by atoms with Crippen LogP contribution in [0, 0.1) is 13.8 Å². The van der Waals surface area contributed by atoms with Crippen LogP contribution in [0.4, 0.5) is 0 Å². The zero-order valence-electron chi connectivity index (χ0n) is 24.4. The highest BCUT2D eigenvalue weighted by Crippen LogP contribution is 2.35. The molecule has 0 N–H and O–H groups in total. The van der Waals surface area contributed by atoms with Crippen molar-refractivity contribution in [2.75, 3.05) is 0 Å². The number of nitrogens with zero attached hydrogens (tertiary/aromatic N) is 2. The second-order valence-corrected chi connectivity index (χ2v) is 12.0. The van der Waals surface area contributed by atoms with Crippen LogP contribution in [0.3, 0.4) is 0 Å². The van der Waals surface area contributed by atoms with Gasteiger partial charge in [0, 0.05) is 51.5 Å². The van der Waals surface area contributed by atoms with Gasteiger partial charge >= 0.3 is 0 Å². The lowest BCUT2D eigenvalue weighted by molar-refractivity contribution is 0.488. The number of benzene rings is 4. The van der Waals surface area contributed by atoms with E-state index in [0.717, 1.165) is 25.9 Å². The Morgan fingerprint density at radius 2 is 1.24 bits per heavy atom. The molecule has 0 fully saturated rings. The molecule has 0 bridgehead atoms. The normalized spacial score (nSPS) is 13.8. The molecule has 0 amide bonds. The van der Waals surface area contributed by atoms with Crippen LogP contribution in [0.15, 0.2) is 97.1 Å². The Labute approximate surface area is 243 Å². The fourth-order valence-electron chi connectivity index (χ4n) is 7.40. The Morgan fingerprint density at radius 3 is 1.93 bits per heavy atom. The third-order valence-corrected chi connectivity index (χ3v) is 9.38. The average molecular weight is 537 g/mol. The van der Waals surface area contributed by atoms with E-state index in [1.165, 1.54) is 75.2 Å². The van der Waals surface area contributed by atoms with Crippen LogP contribution < -0.4 is 0 Å². The van der Waals surface area contributed by atoms with E-state index < -0.39 is 0 Å². The van der Waals surface area contributed by atoms with Gasteiger partial charge in [-0.05, 0) is 99.3 Å². The highest BCUT2D eigenvalue weighted by atomic mass is 15.0. The molecule has 4 aromatic carbocycles. The number of fused-ring (bicyclic) bond motifs is 6. The molecule has 0 saturated heterocycles. The van der Waals surface area contributed by atoms with E-state index in [0.29, 0.717) is 5.92 Å². The minimum Gasteiger partial charge on any atom is -0.341 e. The number of allylic oxidation sites excluding steroid dienone is 1. The molecule has 0 radical (unpaired) electrons. The number of aromatic nitrogens is 2. The average Bonchev–Trinajstić information content (AvgIpc) is 3.51. The van der Waals surface area contributed by atoms with Crippen LogP contribution in [0.2, 0.25) is 0 Å². The number of rotatable bonds is 9. The van der Waals surface area contributed by atoms with Gasteiger partial charge in [-0.3, -0.25) is 0 Å². The summed E-state index contributed by atoms with van der Waals surface area (Å²) in [5.74, 6) is 0.566. The van der Waals surface area contributed by atoms with Crippen molar-refractivity contribution in [2.45, 2.75) is 71.4 Å². The Hall–Kier alpha value is -4.04. The van der Waals surface area contributed by atoms with Gasteiger partial charge in [0.05, 0.1) is 0 Å². The number of aryl methyl sites for hydroxylation is 5. The summed E-state index contributed by atoms with van der Waals surface area (Å²) < 4.78 is 5.15. The van der Waals surface area contributed by atoms with E-state index in [2.05, 4.69) is 126 Å². The van der Waals surface area contributed by atoms with Crippen molar-refractivity contribution in [3.05, 3.63) is 125 Å². The first-order valence-corrected chi connectivity index (χ1v) is 15.5. The van der Waals surface area contributed by atoms with Crippen molar-refractivity contribution in [2.24, 2.45) is 0 Å².